The second kappa shape index (κ2) is 7.85. The number of benzene rings is 2. The fraction of sp³-hybridized carbons (Fsp3) is 0.111. The largest absolute Gasteiger partial charge is 0.495 e. The second-order valence-corrected chi connectivity index (χ2v) is 5.90. The molecule has 1 N–H and O–H groups in total. The Kier molecular flexibility index (Phi) is 5.33. The van der Waals surface area contributed by atoms with Crippen LogP contribution >= 0.6 is 11.6 Å². The molecule has 2 aromatic carbocycles. The van der Waals surface area contributed by atoms with E-state index in [2.05, 4.69) is 5.32 Å². The van der Waals surface area contributed by atoms with Crippen molar-refractivity contribution in [2.45, 2.75) is 0 Å². The van der Waals surface area contributed by atoms with Crippen LogP contribution in [-0.4, -0.2) is 24.7 Å². The fourth-order valence-corrected chi connectivity index (χ4v) is 2.65. The van der Waals surface area contributed by atoms with Gasteiger partial charge in [-0.1, -0.05) is 11.6 Å². The Balaban J connectivity index is 1.91. The van der Waals surface area contributed by atoms with Crippen molar-refractivity contribution in [1.29, 1.82) is 5.26 Å². The highest BCUT2D eigenvalue weighted by Gasteiger charge is 2.19. The molecule has 0 bridgehead atoms. The SMILES string of the molecule is COc1ccc([N+](=O)[O-])cc1NC(=O)/C(C#N)=C/c1cc2c(cc1Cl)OCO2. The van der Waals surface area contributed by atoms with Crippen LogP contribution in [0.1, 0.15) is 5.56 Å². The summed E-state index contributed by atoms with van der Waals surface area (Å²) in [6, 6.07) is 8.57. The third-order valence-corrected chi connectivity index (χ3v) is 4.13. The summed E-state index contributed by atoms with van der Waals surface area (Å²) in [5, 5.41) is 23.0. The molecule has 3 rings (SSSR count). The molecule has 9 nitrogen and oxygen atoms in total. The maximum Gasteiger partial charge on any atom is 0.271 e. The number of anilines is 1. The molecule has 0 saturated heterocycles. The molecule has 28 heavy (non-hydrogen) atoms. The molecule has 0 atom stereocenters. The van der Waals surface area contributed by atoms with E-state index in [-0.39, 0.29) is 34.5 Å². The first-order valence-electron chi connectivity index (χ1n) is 7.77. The minimum Gasteiger partial charge on any atom is -0.495 e. The number of carbonyl (C=O) groups is 1. The van der Waals surface area contributed by atoms with E-state index in [1.54, 1.807) is 12.1 Å². The Morgan fingerprint density at radius 3 is 2.71 bits per heavy atom. The van der Waals surface area contributed by atoms with Crippen molar-refractivity contribution in [2.75, 3.05) is 19.2 Å². The summed E-state index contributed by atoms with van der Waals surface area (Å²) in [5.41, 5.74) is -0.0741. The molecule has 1 aliphatic rings. The monoisotopic (exact) mass is 401 g/mol. The van der Waals surface area contributed by atoms with E-state index in [1.807, 2.05) is 0 Å². The predicted molar refractivity (Wildman–Crippen MR) is 99.4 cm³/mol. The number of rotatable bonds is 5. The lowest BCUT2D eigenvalue weighted by molar-refractivity contribution is -0.384. The summed E-state index contributed by atoms with van der Waals surface area (Å²) in [7, 11) is 1.35. The number of hydrogen-bond acceptors (Lipinski definition) is 7. The second-order valence-electron chi connectivity index (χ2n) is 5.49. The van der Waals surface area contributed by atoms with Gasteiger partial charge >= 0.3 is 0 Å². The van der Waals surface area contributed by atoms with Crippen LogP contribution in [0.2, 0.25) is 5.02 Å². The van der Waals surface area contributed by atoms with E-state index in [4.69, 9.17) is 25.8 Å². The lowest BCUT2D eigenvalue weighted by atomic mass is 10.1. The molecular formula is C18H12ClN3O6. The number of carbonyl (C=O) groups excluding carboxylic acids is 1. The van der Waals surface area contributed by atoms with E-state index < -0.39 is 10.8 Å². The van der Waals surface area contributed by atoms with Gasteiger partial charge in [-0.2, -0.15) is 5.26 Å². The van der Waals surface area contributed by atoms with Crippen molar-refractivity contribution in [1.82, 2.24) is 0 Å². The Morgan fingerprint density at radius 1 is 1.36 bits per heavy atom. The molecule has 2 aromatic rings. The molecule has 0 aromatic heterocycles. The Hall–Kier alpha value is -3.77. The van der Waals surface area contributed by atoms with Gasteiger partial charge in [-0.25, -0.2) is 0 Å². The van der Waals surface area contributed by atoms with E-state index in [9.17, 15) is 20.2 Å². The smallest absolute Gasteiger partial charge is 0.271 e. The van der Waals surface area contributed by atoms with Crippen LogP contribution in [0, 0.1) is 21.4 Å². The van der Waals surface area contributed by atoms with Crippen molar-refractivity contribution in [2.24, 2.45) is 0 Å². The number of nitriles is 1. The normalized spacial score (nSPS) is 12.2. The maximum atomic E-state index is 12.5. The van der Waals surface area contributed by atoms with Crippen LogP contribution in [0.3, 0.4) is 0 Å². The average Bonchev–Trinajstić information content (AvgIpc) is 3.12. The molecule has 0 radical (unpaired) electrons. The lowest BCUT2D eigenvalue weighted by Crippen LogP contribution is -2.14. The highest BCUT2D eigenvalue weighted by atomic mass is 35.5. The number of fused-ring (bicyclic) bond motifs is 1. The molecule has 1 aliphatic heterocycles. The number of non-ortho nitro benzene ring substituents is 1. The van der Waals surface area contributed by atoms with Crippen LogP contribution in [0.4, 0.5) is 11.4 Å². The highest BCUT2D eigenvalue weighted by molar-refractivity contribution is 6.32. The minimum atomic E-state index is -0.782. The fourth-order valence-electron chi connectivity index (χ4n) is 2.44. The Morgan fingerprint density at radius 2 is 2.07 bits per heavy atom. The molecule has 0 aliphatic carbocycles. The zero-order valence-corrected chi connectivity index (χ0v) is 15.1. The number of ether oxygens (including phenoxy) is 3. The predicted octanol–water partition coefficient (Wildman–Crippen LogP) is 3.53. The summed E-state index contributed by atoms with van der Waals surface area (Å²) in [6.07, 6.45) is 1.28. The first-order valence-corrected chi connectivity index (χ1v) is 8.15. The van der Waals surface area contributed by atoms with Gasteiger partial charge in [-0.05, 0) is 23.8 Å². The molecule has 142 valence electrons. The molecule has 0 fully saturated rings. The van der Waals surface area contributed by atoms with Crippen LogP contribution in [-0.2, 0) is 4.79 Å². The summed E-state index contributed by atoms with van der Waals surface area (Å²) in [6.45, 7) is 0.0526. The van der Waals surface area contributed by atoms with Gasteiger partial charge in [-0.15, -0.1) is 0 Å². The number of methoxy groups -OCH3 is 1. The summed E-state index contributed by atoms with van der Waals surface area (Å²) < 4.78 is 15.6. The van der Waals surface area contributed by atoms with Gasteiger partial charge in [0.25, 0.3) is 11.6 Å². The molecule has 10 heteroatoms. The highest BCUT2D eigenvalue weighted by Crippen LogP contribution is 2.37. The number of nitro groups is 1. The Labute approximate surface area is 163 Å². The third kappa shape index (κ3) is 3.82. The van der Waals surface area contributed by atoms with Crippen molar-refractivity contribution in [3.63, 3.8) is 0 Å². The molecule has 1 amide bonds. The number of amides is 1. The van der Waals surface area contributed by atoms with E-state index >= 15 is 0 Å². The number of nitrogens with one attached hydrogen (secondary N) is 1. The van der Waals surface area contributed by atoms with E-state index in [0.717, 1.165) is 6.07 Å². The third-order valence-electron chi connectivity index (χ3n) is 3.80. The van der Waals surface area contributed by atoms with Crippen molar-refractivity contribution in [3.05, 3.63) is 56.6 Å². The molecule has 1 heterocycles. The molecule has 0 unspecified atom stereocenters. The average molecular weight is 402 g/mol. The quantitative estimate of drug-likeness (QED) is 0.351. The van der Waals surface area contributed by atoms with Gasteiger partial charge in [0.2, 0.25) is 6.79 Å². The number of halogens is 1. The minimum absolute atomic E-state index is 0.0526. The zero-order chi connectivity index (χ0) is 20.3. The number of nitro benzene ring substituents is 1. The van der Waals surface area contributed by atoms with Crippen molar-refractivity contribution >= 4 is 35.0 Å². The number of hydrogen-bond donors (Lipinski definition) is 1. The van der Waals surface area contributed by atoms with Gasteiger partial charge in [-0.3, -0.25) is 14.9 Å². The van der Waals surface area contributed by atoms with Crippen LogP contribution < -0.4 is 19.5 Å². The summed E-state index contributed by atoms with van der Waals surface area (Å²) >= 11 is 6.16. The lowest BCUT2D eigenvalue weighted by Gasteiger charge is -2.10. The van der Waals surface area contributed by atoms with Gasteiger partial charge in [0.1, 0.15) is 17.4 Å². The molecular weight excluding hydrogens is 390 g/mol. The van der Waals surface area contributed by atoms with Crippen LogP contribution in [0.5, 0.6) is 17.2 Å². The van der Waals surface area contributed by atoms with E-state index in [1.165, 1.54) is 31.4 Å². The first-order chi connectivity index (χ1) is 13.4. The van der Waals surface area contributed by atoms with Crippen molar-refractivity contribution in [3.8, 4) is 23.3 Å². The van der Waals surface area contributed by atoms with E-state index in [0.29, 0.717) is 17.1 Å². The standard InChI is InChI=1S/C18H12ClN3O6/c1-26-15-3-2-12(22(24)25)6-14(15)21-18(23)11(8-20)4-10-5-16-17(7-13(10)19)28-9-27-16/h2-7H,9H2,1H3,(H,21,23)/b11-4+. The first kappa shape index (κ1) is 19.0. The van der Waals surface area contributed by atoms with Gasteiger partial charge < -0.3 is 19.5 Å². The summed E-state index contributed by atoms with van der Waals surface area (Å²) in [5.74, 6) is 0.326. The van der Waals surface area contributed by atoms with Crippen molar-refractivity contribution < 1.29 is 23.9 Å². The van der Waals surface area contributed by atoms with Gasteiger partial charge in [0, 0.05) is 18.2 Å². The molecule has 0 spiro atoms. The van der Waals surface area contributed by atoms with Crippen LogP contribution in [0.25, 0.3) is 6.08 Å². The summed E-state index contributed by atoms with van der Waals surface area (Å²) in [4.78, 5) is 22.9. The number of nitrogens with zero attached hydrogens (tertiary/aromatic N) is 2. The topological polar surface area (TPSA) is 124 Å². The van der Waals surface area contributed by atoms with Crippen LogP contribution in [0.15, 0.2) is 35.9 Å². The Bertz CT molecular complexity index is 1040. The molecule has 0 saturated carbocycles. The van der Waals surface area contributed by atoms with Gasteiger partial charge in [0.15, 0.2) is 11.5 Å². The van der Waals surface area contributed by atoms with Gasteiger partial charge in [0.05, 0.1) is 22.7 Å². The zero-order valence-electron chi connectivity index (χ0n) is 14.4. The maximum absolute atomic E-state index is 12.5.